The Kier molecular flexibility index (Phi) is 5.45. The van der Waals surface area contributed by atoms with Gasteiger partial charge >= 0.3 is 0 Å². The van der Waals surface area contributed by atoms with Crippen LogP contribution >= 0.6 is 14.3 Å². The van der Waals surface area contributed by atoms with E-state index in [1.807, 2.05) is 91.0 Å². The molecule has 1 aliphatic heterocycles. The molecule has 0 spiro atoms. The summed E-state index contributed by atoms with van der Waals surface area (Å²) in [6, 6.07) is 29.5. The van der Waals surface area contributed by atoms with Crippen LogP contribution in [0.15, 0.2) is 91.0 Å². The van der Waals surface area contributed by atoms with Crippen LogP contribution in [0.2, 0.25) is 0 Å². The summed E-state index contributed by atoms with van der Waals surface area (Å²) in [5, 5.41) is 2.01. The zero-order valence-electron chi connectivity index (χ0n) is 17.1. The van der Waals surface area contributed by atoms with E-state index in [1.54, 1.807) is 0 Å². The van der Waals surface area contributed by atoms with Crippen molar-refractivity contribution in [2.45, 2.75) is 37.5 Å². The Hall–Kier alpha value is -1.88. The standard InChI is InChI=1S/C25H28O2P2/c1-25(2,24-19-12-20-28(24,26)21-13-6-3-7-14-21)29(27,22-15-8-4-9-16-22)23-17-10-5-11-18-23/h3-11,13-18,24H,12,19-20H2,1-2H3/t24-,28?/m1/s1. The van der Waals surface area contributed by atoms with Gasteiger partial charge in [-0.1, -0.05) is 105 Å². The lowest BCUT2D eigenvalue weighted by molar-refractivity contribution is 0.521. The first-order valence-electron chi connectivity index (χ1n) is 10.3. The molecule has 2 nitrogen and oxygen atoms in total. The van der Waals surface area contributed by atoms with E-state index in [1.165, 1.54) is 0 Å². The molecule has 0 saturated carbocycles. The molecule has 4 rings (SSSR count). The van der Waals surface area contributed by atoms with E-state index >= 15 is 4.57 Å². The first kappa shape index (κ1) is 20.4. The molecule has 3 aromatic rings. The quantitative estimate of drug-likeness (QED) is 0.500. The monoisotopic (exact) mass is 422 g/mol. The third kappa shape index (κ3) is 3.27. The number of hydrogen-bond donors (Lipinski definition) is 0. The minimum Gasteiger partial charge on any atom is -0.318 e. The highest BCUT2D eigenvalue weighted by Crippen LogP contribution is 2.69. The maximum absolute atomic E-state index is 15.0. The molecule has 2 atom stereocenters. The van der Waals surface area contributed by atoms with Gasteiger partial charge in [0.1, 0.15) is 14.3 Å². The molecular formula is C25H28O2P2. The predicted molar refractivity (Wildman–Crippen MR) is 125 cm³/mol. The van der Waals surface area contributed by atoms with Crippen molar-refractivity contribution in [3.63, 3.8) is 0 Å². The maximum Gasteiger partial charge on any atom is 0.149 e. The van der Waals surface area contributed by atoms with Gasteiger partial charge in [-0.2, -0.15) is 0 Å². The van der Waals surface area contributed by atoms with E-state index in [0.717, 1.165) is 28.8 Å². The molecule has 1 aliphatic rings. The third-order valence-electron chi connectivity index (χ3n) is 6.53. The van der Waals surface area contributed by atoms with Gasteiger partial charge in [-0.3, -0.25) is 0 Å². The van der Waals surface area contributed by atoms with Gasteiger partial charge in [-0.05, 0) is 12.8 Å². The van der Waals surface area contributed by atoms with Crippen molar-refractivity contribution < 1.29 is 9.13 Å². The molecule has 1 saturated heterocycles. The lowest BCUT2D eigenvalue weighted by atomic mass is 10.1. The third-order valence-corrected chi connectivity index (χ3v) is 14.8. The molecule has 0 aliphatic carbocycles. The summed E-state index contributed by atoms with van der Waals surface area (Å²) in [4.78, 5) is 0. The second-order valence-corrected chi connectivity index (χ2v) is 15.0. The number of benzene rings is 3. The van der Waals surface area contributed by atoms with Gasteiger partial charge in [0, 0.05) is 32.9 Å². The molecule has 1 fully saturated rings. The average molecular weight is 422 g/mol. The van der Waals surface area contributed by atoms with Gasteiger partial charge in [0.2, 0.25) is 0 Å². The Bertz CT molecular complexity index is 1020. The van der Waals surface area contributed by atoms with Gasteiger partial charge in [-0.15, -0.1) is 0 Å². The molecule has 29 heavy (non-hydrogen) atoms. The second kappa shape index (κ2) is 7.75. The molecule has 4 heteroatoms. The van der Waals surface area contributed by atoms with E-state index in [-0.39, 0.29) is 5.66 Å². The van der Waals surface area contributed by atoms with Crippen LogP contribution in [0.4, 0.5) is 0 Å². The Morgan fingerprint density at radius 2 is 1.24 bits per heavy atom. The Morgan fingerprint density at radius 3 is 1.72 bits per heavy atom. The van der Waals surface area contributed by atoms with Crippen molar-refractivity contribution >= 4 is 30.2 Å². The molecule has 150 valence electrons. The highest BCUT2D eigenvalue weighted by Gasteiger charge is 2.56. The van der Waals surface area contributed by atoms with E-state index in [0.29, 0.717) is 6.16 Å². The summed E-state index contributed by atoms with van der Waals surface area (Å²) < 4.78 is 29.4. The van der Waals surface area contributed by atoms with Crippen LogP contribution in [0, 0.1) is 0 Å². The number of rotatable bonds is 5. The van der Waals surface area contributed by atoms with E-state index in [4.69, 9.17) is 0 Å². The van der Waals surface area contributed by atoms with Crippen molar-refractivity contribution in [1.29, 1.82) is 0 Å². The van der Waals surface area contributed by atoms with Gasteiger partial charge in [0.25, 0.3) is 0 Å². The highest BCUT2D eigenvalue weighted by molar-refractivity contribution is 7.81. The van der Waals surface area contributed by atoms with Crippen molar-refractivity contribution in [3.8, 4) is 0 Å². The summed E-state index contributed by atoms with van der Waals surface area (Å²) in [5.41, 5.74) is -0.108. The van der Waals surface area contributed by atoms with Crippen LogP contribution in [-0.2, 0) is 9.13 Å². The summed E-state index contributed by atoms with van der Waals surface area (Å²) in [7, 11) is -5.71. The van der Waals surface area contributed by atoms with Gasteiger partial charge < -0.3 is 9.13 Å². The van der Waals surface area contributed by atoms with Crippen LogP contribution in [0.5, 0.6) is 0 Å². The second-order valence-electron chi connectivity index (χ2n) is 8.45. The number of hydrogen-bond acceptors (Lipinski definition) is 2. The molecule has 0 aromatic heterocycles. The molecule has 1 heterocycles. The minimum absolute atomic E-state index is 0.108. The summed E-state index contributed by atoms with van der Waals surface area (Å²) in [5.74, 6) is 0. The predicted octanol–water partition coefficient (Wildman–Crippen LogP) is 5.63. The van der Waals surface area contributed by atoms with Crippen LogP contribution in [0.3, 0.4) is 0 Å². The topological polar surface area (TPSA) is 34.1 Å². The van der Waals surface area contributed by atoms with Crippen LogP contribution in [-0.4, -0.2) is 17.0 Å². The average Bonchev–Trinajstić information content (AvgIpc) is 3.18. The van der Waals surface area contributed by atoms with E-state index in [2.05, 4.69) is 13.8 Å². The van der Waals surface area contributed by atoms with Gasteiger partial charge in [-0.25, -0.2) is 0 Å². The Balaban J connectivity index is 1.91. The minimum atomic E-state index is -3.05. The smallest absolute Gasteiger partial charge is 0.149 e. The Morgan fingerprint density at radius 1 is 0.793 bits per heavy atom. The first-order chi connectivity index (χ1) is 13.9. The fourth-order valence-corrected chi connectivity index (χ4v) is 13.3. The lowest BCUT2D eigenvalue weighted by Crippen LogP contribution is -2.42. The molecule has 0 N–H and O–H groups in total. The van der Waals surface area contributed by atoms with Gasteiger partial charge in [0.15, 0.2) is 0 Å². The van der Waals surface area contributed by atoms with Crippen molar-refractivity contribution in [2.75, 3.05) is 6.16 Å². The largest absolute Gasteiger partial charge is 0.318 e. The molecular weight excluding hydrogens is 394 g/mol. The van der Waals surface area contributed by atoms with Crippen LogP contribution < -0.4 is 15.9 Å². The molecule has 0 radical (unpaired) electrons. The fourth-order valence-electron chi connectivity index (χ4n) is 5.04. The zero-order chi connectivity index (χ0) is 20.5. The van der Waals surface area contributed by atoms with Crippen LogP contribution in [0.1, 0.15) is 26.7 Å². The lowest BCUT2D eigenvalue weighted by Gasteiger charge is -2.42. The molecule has 0 bridgehead atoms. The summed E-state index contributed by atoms with van der Waals surface area (Å²) in [6.07, 6.45) is 2.47. The molecule has 0 amide bonds. The van der Waals surface area contributed by atoms with Crippen molar-refractivity contribution in [3.05, 3.63) is 91.0 Å². The molecule has 3 aromatic carbocycles. The fraction of sp³-hybridized carbons (Fsp3) is 0.280. The summed E-state index contributed by atoms with van der Waals surface area (Å²) in [6.45, 7) is 4.17. The van der Waals surface area contributed by atoms with Crippen LogP contribution in [0.25, 0.3) is 0 Å². The normalized spacial score (nSPS) is 22.5. The highest BCUT2D eigenvalue weighted by atomic mass is 31.2. The van der Waals surface area contributed by atoms with Crippen molar-refractivity contribution in [2.24, 2.45) is 0 Å². The van der Waals surface area contributed by atoms with Gasteiger partial charge in [0.05, 0.1) is 0 Å². The zero-order valence-corrected chi connectivity index (χ0v) is 18.9. The maximum atomic E-state index is 15.0. The molecule has 1 unspecified atom stereocenters. The Labute approximate surface area is 174 Å². The summed E-state index contributed by atoms with van der Waals surface area (Å²) >= 11 is 0. The van der Waals surface area contributed by atoms with E-state index in [9.17, 15) is 4.57 Å². The first-order valence-corrected chi connectivity index (χ1v) is 13.9. The van der Waals surface area contributed by atoms with Crippen molar-refractivity contribution in [1.82, 2.24) is 0 Å². The SMILES string of the molecule is CC(C)([C@H]1CCCP1(=O)c1ccccc1)P(=O)(c1ccccc1)c1ccccc1. The van der Waals surface area contributed by atoms with E-state index < -0.39 is 19.4 Å².